The Balaban J connectivity index is 1.89. The lowest BCUT2D eigenvalue weighted by atomic mass is 9.93. The number of fused-ring (bicyclic) bond motifs is 1. The quantitative estimate of drug-likeness (QED) is 0.908. The molecule has 21 heavy (non-hydrogen) atoms. The zero-order valence-electron chi connectivity index (χ0n) is 11.9. The SMILES string of the molecule is COCc1cccc(C2C[C@H](N)c3ccc(Br)cc3O2)c1. The molecule has 0 bridgehead atoms. The first-order valence-electron chi connectivity index (χ1n) is 6.97. The van der Waals surface area contributed by atoms with Gasteiger partial charge in [0, 0.05) is 29.6 Å². The van der Waals surface area contributed by atoms with Gasteiger partial charge in [0.2, 0.25) is 0 Å². The fraction of sp³-hybridized carbons (Fsp3) is 0.294. The second-order valence-corrected chi connectivity index (χ2v) is 6.22. The predicted molar refractivity (Wildman–Crippen MR) is 86.2 cm³/mol. The summed E-state index contributed by atoms with van der Waals surface area (Å²) in [7, 11) is 1.70. The van der Waals surface area contributed by atoms with Gasteiger partial charge in [-0.2, -0.15) is 0 Å². The standard InChI is InChI=1S/C17H18BrNO2/c1-20-10-11-3-2-4-12(7-11)16-9-15(19)14-6-5-13(18)8-17(14)21-16/h2-8,15-16H,9-10,19H2,1H3/t15-,16?/m0/s1. The molecule has 1 aliphatic rings. The number of hydrogen-bond donors (Lipinski definition) is 1. The summed E-state index contributed by atoms with van der Waals surface area (Å²) in [4.78, 5) is 0. The Morgan fingerprint density at radius 2 is 2.14 bits per heavy atom. The maximum absolute atomic E-state index is 6.30. The molecular formula is C17H18BrNO2. The van der Waals surface area contributed by atoms with E-state index < -0.39 is 0 Å². The number of rotatable bonds is 3. The van der Waals surface area contributed by atoms with Crippen molar-refractivity contribution in [1.82, 2.24) is 0 Å². The van der Waals surface area contributed by atoms with Gasteiger partial charge < -0.3 is 15.2 Å². The Morgan fingerprint density at radius 1 is 1.29 bits per heavy atom. The average molecular weight is 348 g/mol. The third kappa shape index (κ3) is 3.12. The number of hydrogen-bond acceptors (Lipinski definition) is 3. The highest BCUT2D eigenvalue weighted by Crippen LogP contribution is 2.40. The molecule has 1 unspecified atom stereocenters. The van der Waals surface area contributed by atoms with Crippen LogP contribution in [0.3, 0.4) is 0 Å². The van der Waals surface area contributed by atoms with Crippen LogP contribution in [0.25, 0.3) is 0 Å². The van der Waals surface area contributed by atoms with Crippen molar-refractivity contribution in [2.45, 2.75) is 25.2 Å². The van der Waals surface area contributed by atoms with Crippen molar-refractivity contribution < 1.29 is 9.47 Å². The Hall–Kier alpha value is -1.36. The Morgan fingerprint density at radius 3 is 2.95 bits per heavy atom. The smallest absolute Gasteiger partial charge is 0.126 e. The normalized spacial score (nSPS) is 20.7. The van der Waals surface area contributed by atoms with Crippen LogP contribution in [0.2, 0.25) is 0 Å². The minimum atomic E-state index is -0.0152. The van der Waals surface area contributed by atoms with Gasteiger partial charge in [-0.3, -0.25) is 0 Å². The van der Waals surface area contributed by atoms with Crippen LogP contribution in [-0.2, 0) is 11.3 Å². The van der Waals surface area contributed by atoms with Gasteiger partial charge in [0.25, 0.3) is 0 Å². The molecule has 3 rings (SSSR count). The minimum Gasteiger partial charge on any atom is -0.485 e. The lowest BCUT2D eigenvalue weighted by Gasteiger charge is -2.31. The second kappa shape index (κ2) is 6.18. The molecule has 0 aromatic heterocycles. The minimum absolute atomic E-state index is 0.00192. The van der Waals surface area contributed by atoms with Crippen LogP contribution in [0.1, 0.15) is 35.3 Å². The summed E-state index contributed by atoms with van der Waals surface area (Å²) in [6.07, 6.45) is 0.768. The zero-order chi connectivity index (χ0) is 14.8. The molecule has 0 aliphatic carbocycles. The summed E-state index contributed by atoms with van der Waals surface area (Å²) < 4.78 is 12.3. The van der Waals surface area contributed by atoms with Crippen molar-refractivity contribution in [3.05, 3.63) is 63.6 Å². The van der Waals surface area contributed by atoms with Crippen molar-refractivity contribution in [2.24, 2.45) is 5.73 Å². The van der Waals surface area contributed by atoms with Gasteiger partial charge in [-0.25, -0.2) is 0 Å². The molecule has 1 aliphatic heterocycles. The molecule has 0 saturated heterocycles. The molecule has 0 fully saturated rings. The Kier molecular flexibility index (Phi) is 4.29. The molecule has 2 N–H and O–H groups in total. The van der Waals surface area contributed by atoms with E-state index in [1.54, 1.807) is 7.11 Å². The highest BCUT2D eigenvalue weighted by Gasteiger charge is 2.27. The number of benzene rings is 2. The zero-order valence-corrected chi connectivity index (χ0v) is 13.5. The topological polar surface area (TPSA) is 44.5 Å². The molecule has 1 heterocycles. The molecule has 4 heteroatoms. The van der Waals surface area contributed by atoms with Crippen LogP contribution in [-0.4, -0.2) is 7.11 Å². The van der Waals surface area contributed by atoms with E-state index >= 15 is 0 Å². The van der Waals surface area contributed by atoms with E-state index in [1.165, 1.54) is 0 Å². The monoisotopic (exact) mass is 347 g/mol. The fourth-order valence-electron chi connectivity index (χ4n) is 2.73. The largest absolute Gasteiger partial charge is 0.485 e. The maximum atomic E-state index is 6.30. The molecule has 0 saturated carbocycles. The highest BCUT2D eigenvalue weighted by molar-refractivity contribution is 9.10. The van der Waals surface area contributed by atoms with E-state index in [4.69, 9.17) is 15.2 Å². The van der Waals surface area contributed by atoms with Gasteiger partial charge in [0.05, 0.1) is 6.61 Å². The van der Waals surface area contributed by atoms with Gasteiger partial charge in [-0.1, -0.05) is 40.2 Å². The van der Waals surface area contributed by atoms with Crippen molar-refractivity contribution >= 4 is 15.9 Å². The average Bonchev–Trinajstić information content (AvgIpc) is 2.47. The first-order valence-corrected chi connectivity index (χ1v) is 7.76. The van der Waals surface area contributed by atoms with Crippen LogP contribution in [0.4, 0.5) is 0 Å². The van der Waals surface area contributed by atoms with Crippen molar-refractivity contribution in [2.75, 3.05) is 7.11 Å². The number of nitrogens with two attached hydrogens (primary N) is 1. The summed E-state index contributed by atoms with van der Waals surface area (Å²) in [5.74, 6) is 0.866. The molecule has 0 spiro atoms. The van der Waals surface area contributed by atoms with Crippen LogP contribution >= 0.6 is 15.9 Å². The molecular weight excluding hydrogens is 330 g/mol. The van der Waals surface area contributed by atoms with E-state index in [0.29, 0.717) is 6.61 Å². The van der Waals surface area contributed by atoms with Crippen LogP contribution in [0, 0.1) is 0 Å². The van der Waals surface area contributed by atoms with Crippen molar-refractivity contribution in [3.63, 3.8) is 0 Å². The number of ether oxygens (including phenoxy) is 2. The van der Waals surface area contributed by atoms with E-state index in [-0.39, 0.29) is 12.1 Å². The third-order valence-corrected chi connectivity index (χ3v) is 4.24. The Labute approximate surface area is 133 Å². The van der Waals surface area contributed by atoms with Crippen molar-refractivity contribution in [1.29, 1.82) is 0 Å². The lowest BCUT2D eigenvalue weighted by molar-refractivity contribution is 0.160. The molecule has 2 atom stereocenters. The predicted octanol–water partition coefficient (Wildman–Crippen LogP) is 4.12. The highest BCUT2D eigenvalue weighted by atomic mass is 79.9. The van der Waals surface area contributed by atoms with Gasteiger partial charge in [0.15, 0.2) is 0 Å². The molecule has 3 nitrogen and oxygen atoms in total. The second-order valence-electron chi connectivity index (χ2n) is 5.31. The molecule has 0 radical (unpaired) electrons. The van der Waals surface area contributed by atoms with Gasteiger partial charge >= 0.3 is 0 Å². The van der Waals surface area contributed by atoms with Crippen LogP contribution in [0.5, 0.6) is 5.75 Å². The molecule has 0 amide bonds. The van der Waals surface area contributed by atoms with E-state index in [1.807, 2.05) is 24.3 Å². The summed E-state index contributed by atoms with van der Waals surface area (Å²) >= 11 is 3.48. The van der Waals surface area contributed by atoms with Gasteiger partial charge in [0.1, 0.15) is 11.9 Å². The summed E-state index contributed by atoms with van der Waals surface area (Å²) in [6, 6.07) is 14.3. The summed E-state index contributed by atoms with van der Waals surface area (Å²) in [5, 5.41) is 0. The molecule has 110 valence electrons. The summed E-state index contributed by atoms with van der Waals surface area (Å²) in [5.41, 5.74) is 9.66. The Bertz CT molecular complexity index is 644. The third-order valence-electron chi connectivity index (χ3n) is 3.75. The van der Waals surface area contributed by atoms with Gasteiger partial charge in [-0.05, 0) is 29.3 Å². The number of methoxy groups -OCH3 is 1. The molecule has 2 aromatic carbocycles. The van der Waals surface area contributed by atoms with Crippen molar-refractivity contribution in [3.8, 4) is 5.75 Å². The van der Waals surface area contributed by atoms with E-state index in [2.05, 4.69) is 34.1 Å². The fourth-order valence-corrected chi connectivity index (χ4v) is 3.07. The maximum Gasteiger partial charge on any atom is 0.126 e. The summed E-state index contributed by atoms with van der Waals surface area (Å²) in [6.45, 7) is 0.606. The number of halogens is 1. The van der Waals surface area contributed by atoms with E-state index in [0.717, 1.165) is 33.3 Å². The first-order chi connectivity index (χ1) is 10.2. The van der Waals surface area contributed by atoms with Crippen LogP contribution in [0.15, 0.2) is 46.9 Å². The van der Waals surface area contributed by atoms with E-state index in [9.17, 15) is 0 Å². The molecule has 2 aromatic rings. The van der Waals surface area contributed by atoms with Crippen LogP contribution < -0.4 is 10.5 Å². The first kappa shape index (κ1) is 14.6. The van der Waals surface area contributed by atoms with Gasteiger partial charge in [-0.15, -0.1) is 0 Å². The lowest BCUT2D eigenvalue weighted by Crippen LogP contribution is -2.24.